The van der Waals surface area contributed by atoms with Gasteiger partial charge in [-0.2, -0.15) is 5.26 Å². The van der Waals surface area contributed by atoms with Gasteiger partial charge in [0.05, 0.1) is 24.8 Å². The van der Waals surface area contributed by atoms with E-state index in [1.54, 1.807) is 0 Å². The van der Waals surface area contributed by atoms with Crippen LogP contribution in [0.2, 0.25) is 0 Å². The average molecular weight is 317 g/mol. The molecule has 0 saturated heterocycles. The lowest BCUT2D eigenvalue weighted by molar-refractivity contribution is 0.189. The van der Waals surface area contributed by atoms with Gasteiger partial charge in [-0.05, 0) is 23.8 Å². The summed E-state index contributed by atoms with van der Waals surface area (Å²) in [4.78, 5) is 12.2. The number of aliphatic hydroxyl groups is 1. The van der Waals surface area contributed by atoms with Crippen LogP contribution in [-0.4, -0.2) is 23.8 Å². The smallest absolute Gasteiger partial charge is 0.315 e. The number of hydrogen-bond donors (Lipinski definition) is 3. The van der Waals surface area contributed by atoms with E-state index >= 15 is 0 Å². The van der Waals surface area contributed by atoms with Crippen LogP contribution >= 0.6 is 0 Å². The number of rotatable bonds is 7. The molecule has 0 heterocycles. The summed E-state index contributed by atoms with van der Waals surface area (Å²) in [6.45, 7) is 6.09. The normalized spacial score (nSPS) is 13.7. The highest BCUT2D eigenvalue weighted by molar-refractivity contribution is 5.74. The summed E-state index contributed by atoms with van der Waals surface area (Å²) in [7, 11) is 0. The van der Waals surface area contributed by atoms with Gasteiger partial charge in [0, 0.05) is 6.42 Å². The number of nitrogens with one attached hydrogen (secondary N) is 2. The van der Waals surface area contributed by atoms with Crippen molar-refractivity contribution in [2.75, 3.05) is 6.61 Å². The number of nitrogens with zero attached hydrogens (tertiary/aromatic N) is 1. The first-order valence-corrected chi connectivity index (χ1v) is 7.95. The third-order valence-electron chi connectivity index (χ3n) is 3.47. The van der Waals surface area contributed by atoms with Gasteiger partial charge in [0.25, 0.3) is 0 Å². The molecule has 5 heteroatoms. The first kappa shape index (κ1) is 19.0. The van der Waals surface area contributed by atoms with E-state index in [1.807, 2.05) is 30.3 Å². The minimum Gasteiger partial charge on any atom is -0.394 e. The molecule has 1 aromatic carbocycles. The van der Waals surface area contributed by atoms with E-state index in [0.29, 0.717) is 19.3 Å². The molecule has 0 fully saturated rings. The largest absolute Gasteiger partial charge is 0.394 e. The molecule has 23 heavy (non-hydrogen) atoms. The van der Waals surface area contributed by atoms with Gasteiger partial charge in [0.2, 0.25) is 0 Å². The maximum Gasteiger partial charge on any atom is 0.315 e. The molecule has 0 aliphatic rings. The number of nitriles is 1. The van der Waals surface area contributed by atoms with Crippen LogP contribution in [0.5, 0.6) is 0 Å². The molecule has 126 valence electrons. The van der Waals surface area contributed by atoms with E-state index in [0.717, 1.165) is 5.56 Å². The van der Waals surface area contributed by atoms with Crippen molar-refractivity contribution in [1.82, 2.24) is 10.6 Å². The second kappa shape index (κ2) is 9.16. The zero-order valence-electron chi connectivity index (χ0n) is 14.2. The molecule has 0 aromatic heterocycles. The summed E-state index contributed by atoms with van der Waals surface area (Å²) in [5.74, 6) is 0. The Balaban J connectivity index is 2.68. The minimum atomic E-state index is -0.319. The number of amides is 2. The average Bonchev–Trinajstić information content (AvgIpc) is 2.50. The number of aliphatic hydroxyl groups excluding tert-OH is 1. The summed E-state index contributed by atoms with van der Waals surface area (Å²) in [6, 6.07) is 10.9. The van der Waals surface area contributed by atoms with Gasteiger partial charge in [-0.15, -0.1) is 0 Å². The molecule has 2 amide bonds. The Kier molecular flexibility index (Phi) is 7.56. The molecule has 0 saturated carbocycles. The molecule has 0 aliphatic heterocycles. The van der Waals surface area contributed by atoms with Crippen molar-refractivity contribution in [3.05, 3.63) is 35.9 Å². The maximum absolute atomic E-state index is 12.2. The molecule has 3 N–H and O–H groups in total. The monoisotopic (exact) mass is 317 g/mol. The number of carbonyl (C=O) groups is 1. The molecule has 0 radical (unpaired) electrons. The molecule has 1 aromatic rings. The van der Waals surface area contributed by atoms with Crippen molar-refractivity contribution in [1.29, 1.82) is 5.26 Å². The first-order valence-electron chi connectivity index (χ1n) is 7.95. The molecule has 0 spiro atoms. The Morgan fingerprint density at radius 3 is 2.43 bits per heavy atom. The van der Waals surface area contributed by atoms with Crippen LogP contribution in [0.4, 0.5) is 4.79 Å². The fourth-order valence-corrected chi connectivity index (χ4v) is 2.50. The fraction of sp³-hybridized carbons (Fsp3) is 0.556. The predicted molar refractivity (Wildman–Crippen MR) is 90.6 cm³/mol. The molecule has 0 aliphatic carbocycles. The number of hydrogen-bond acceptors (Lipinski definition) is 3. The van der Waals surface area contributed by atoms with Crippen molar-refractivity contribution < 1.29 is 9.90 Å². The zero-order chi connectivity index (χ0) is 17.3. The van der Waals surface area contributed by atoms with Crippen LogP contribution in [0.15, 0.2) is 30.3 Å². The van der Waals surface area contributed by atoms with E-state index in [1.165, 1.54) is 0 Å². The highest BCUT2D eigenvalue weighted by Gasteiger charge is 2.21. The fourth-order valence-electron chi connectivity index (χ4n) is 2.50. The highest BCUT2D eigenvalue weighted by atomic mass is 16.3. The van der Waals surface area contributed by atoms with Crippen molar-refractivity contribution >= 4 is 6.03 Å². The summed E-state index contributed by atoms with van der Waals surface area (Å²) < 4.78 is 0. The van der Waals surface area contributed by atoms with Crippen molar-refractivity contribution in [3.8, 4) is 6.07 Å². The second-order valence-corrected chi connectivity index (χ2v) is 6.92. The van der Waals surface area contributed by atoms with Gasteiger partial charge in [-0.1, -0.05) is 51.1 Å². The van der Waals surface area contributed by atoms with Crippen LogP contribution < -0.4 is 10.6 Å². The lowest BCUT2D eigenvalue weighted by Crippen LogP contribution is -2.46. The molecule has 0 bridgehead atoms. The molecule has 1 rings (SSSR count). The Bertz CT molecular complexity index is 517. The third-order valence-corrected chi connectivity index (χ3v) is 3.47. The van der Waals surface area contributed by atoms with Crippen LogP contribution in [0, 0.1) is 16.7 Å². The standard InChI is InChI=1S/C18H27N3O2/c1-18(2,3)12-15(13-22)20-17(23)21-16(10-7-11-19)14-8-5-4-6-9-14/h4-6,8-9,15-16,22H,7,10,12-13H2,1-3H3,(H2,20,21,23). The zero-order valence-corrected chi connectivity index (χ0v) is 14.2. The minimum absolute atomic E-state index is 0.0142. The van der Waals surface area contributed by atoms with Gasteiger partial charge in [-0.25, -0.2) is 4.79 Å². The number of urea groups is 1. The Hall–Kier alpha value is -2.06. The number of carbonyl (C=O) groups excluding carboxylic acids is 1. The molecule has 5 nitrogen and oxygen atoms in total. The SMILES string of the molecule is CC(C)(C)CC(CO)NC(=O)NC(CCC#N)c1ccccc1. The molecule has 2 atom stereocenters. The Morgan fingerprint density at radius 1 is 1.26 bits per heavy atom. The van der Waals surface area contributed by atoms with Crippen LogP contribution in [0.3, 0.4) is 0 Å². The van der Waals surface area contributed by atoms with Crippen molar-refractivity contribution in [2.45, 2.75) is 52.1 Å². The quantitative estimate of drug-likeness (QED) is 0.722. The molecular formula is C18H27N3O2. The first-order chi connectivity index (χ1) is 10.9. The second-order valence-electron chi connectivity index (χ2n) is 6.92. The maximum atomic E-state index is 12.2. The Morgan fingerprint density at radius 2 is 1.91 bits per heavy atom. The topological polar surface area (TPSA) is 85.2 Å². The van der Waals surface area contributed by atoms with E-state index in [-0.39, 0.29) is 30.1 Å². The summed E-state index contributed by atoms with van der Waals surface area (Å²) >= 11 is 0. The van der Waals surface area contributed by atoms with Crippen molar-refractivity contribution in [2.24, 2.45) is 5.41 Å². The van der Waals surface area contributed by atoms with Crippen LogP contribution in [-0.2, 0) is 0 Å². The van der Waals surface area contributed by atoms with Gasteiger partial charge in [-0.3, -0.25) is 0 Å². The molecular weight excluding hydrogens is 290 g/mol. The van der Waals surface area contributed by atoms with E-state index in [2.05, 4.69) is 37.5 Å². The predicted octanol–water partition coefficient (Wildman–Crippen LogP) is 3.13. The van der Waals surface area contributed by atoms with Crippen molar-refractivity contribution in [3.63, 3.8) is 0 Å². The molecule has 2 unspecified atom stereocenters. The summed E-state index contributed by atoms with van der Waals surface area (Å²) in [5.41, 5.74) is 0.981. The van der Waals surface area contributed by atoms with Crippen LogP contribution in [0.1, 0.15) is 51.6 Å². The van der Waals surface area contributed by atoms with Gasteiger partial charge < -0.3 is 15.7 Å². The number of benzene rings is 1. The summed E-state index contributed by atoms with van der Waals surface area (Å²) in [6.07, 6.45) is 1.60. The van der Waals surface area contributed by atoms with Gasteiger partial charge in [0.15, 0.2) is 0 Å². The van der Waals surface area contributed by atoms with E-state index in [9.17, 15) is 9.90 Å². The summed E-state index contributed by atoms with van der Waals surface area (Å²) in [5, 5.41) is 24.0. The van der Waals surface area contributed by atoms with Crippen LogP contribution in [0.25, 0.3) is 0 Å². The lowest BCUT2D eigenvalue weighted by Gasteiger charge is -2.26. The highest BCUT2D eigenvalue weighted by Crippen LogP contribution is 2.21. The lowest BCUT2D eigenvalue weighted by atomic mass is 9.88. The third kappa shape index (κ3) is 7.66. The van der Waals surface area contributed by atoms with E-state index < -0.39 is 0 Å². The van der Waals surface area contributed by atoms with Gasteiger partial charge >= 0.3 is 6.03 Å². The Labute approximate surface area is 138 Å². The van der Waals surface area contributed by atoms with Gasteiger partial charge in [0.1, 0.15) is 0 Å². The van der Waals surface area contributed by atoms with E-state index in [4.69, 9.17) is 5.26 Å².